The second kappa shape index (κ2) is 6.08. The summed E-state index contributed by atoms with van der Waals surface area (Å²) in [7, 11) is 1.65. The molecule has 1 aromatic carbocycles. The van der Waals surface area contributed by atoms with E-state index < -0.39 is 4.92 Å². The van der Waals surface area contributed by atoms with Crippen molar-refractivity contribution in [3.05, 3.63) is 28.3 Å². The van der Waals surface area contributed by atoms with E-state index >= 15 is 0 Å². The number of hydrogen-bond acceptors (Lipinski definition) is 4. The van der Waals surface area contributed by atoms with Crippen LogP contribution in [0.4, 0.5) is 11.4 Å². The van der Waals surface area contributed by atoms with E-state index in [0.717, 1.165) is 12.8 Å². The summed E-state index contributed by atoms with van der Waals surface area (Å²) in [6.45, 7) is 3.97. The van der Waals surface area contributed by atoms with Crippen LogP contribution in [-0.2, 0) is 0 Å². The van der Waals surface area contributed by atoms with Crippen LogP contribution in [0.3, 0.4) is 0 Å². The van der Waals surface area contributed by atoms with E-state index in [-0.39, 0.29) is 11.8 Å². The third kappa shape index (κ3) is 3.34. The number of nitrogens with one attached hydrogen (secondary N) is 1. The predicted molar refractivity (Wildman–Crippen MR) is 67.6 cm³/mol. The van der Waals surface area contributed by atoms with Crippen molar-refractivity contribution in [3.63, 3.8) is 0 Å². The first kappa shape index (κ1) is 13.3. The molecule has 1 atom stereocenters. The highest BCUT2D eigenvalue weighted by Crippen LogP contribution is 2.35. The summed E-state index contributed by atoms with van der Waals surface area (Å²) in [5, 5.41) is 13.8. The van der Waals surface area contributed by atoms with Gasteiger partial charge in [0.1, 0.15) is 5.69 Å². The van der Waals surface area contributed by atoms with E-state index in [4.69, 9.17) is 4.74 Å². The summed E-state index contributed by atoms with van der Waals surface area (Å²) >= 11 is 0. The molecule has 94 valence electrons. The maximum absolute atomic E-state index is 11.0. The molecule has 1 unspecified atom stereocenters. The van der Waals surface area contributed by atoms with Gasteiger partial charge >= 0.3 is 5.69 Å². The van der Waals surface area contributed by atoms with Crippen LogP contribution in [0.1, 0.15) is 26.7 Å². The zero-order valence-electron chi connectivity index (χ0n) is 10.4. The van der Waals surface area contributed by atoms with Crippen LogP contribution in [-0.4, -0.2) is 18.1 Å². The first-order valence-corrected chi connectivity index (χ1v) is 5.72. The van der Waals surface area contributed by atoms with Crippen molar-refractivity contribution in [2.24, 2.45) is 0 Å². The molecule has 17 heavy (non-hydrogen) atoms. The molecule has 0 fully saturated rings. The van der Waals surface area contributed by atoms with E-state index in [2.05, 4.69) is 12.2 Å². The van der Waals surface area contributed by atoms with Crippen LogP contribution in [0, 0.1) is 10.1 Å². The maximum atomic E-state index is 11.0. The normalized spacial score (nSPS) is 11.9. The zero-order valence-corrected chi connectivity index (χ0v) is 10.4. The molecule has 0 aliphatic carbocycles. The molecule has 0 spiro atoms. The Labute approximate surface area is 101 Å². The minimum absolute atomic E-state index is 0.00190. The molecule has 1 rings (SSSR count). The van der Waals surface area contributed by atoms with Crippen molar-refractivity contribution in [1.82, 2.24) is 0 Å². The molecule has 0 saturated heterocycles. The van der Waals surface area contributed by atoms with Crippen LogP contribution in [0.15, 0.2) is 18.2 Å². The average molecular weight is 238 g/mol. The molecule has 0 radical (unpaired) electrons. The lowest BCUT2D eigenvalue weighted by molar-refractivity contribution is -0.385. The Bertz CT molecular complexity index is 393. The number of nitrogens with zero attached hydrogens (tertiary/aromatic N) is 1. The third-order valence-corrected chi connectivity index (χ3v) is 2.47. The average Bonchev–Trinajstić information content (AvgIpc) is 2.28. The lowest BCUT2D eigenvalue weighted by Crippen LogP contribution is -2.12. The molecular weight excluding hydrogens is 220 g/mol. The number of para-hydroxylation sites is 1. The van der Waals surface area contributed by atoms with Crippen LogP contribution in [0.25, 0.3) is 0 Å². The summed E-state index contributed by atoms with van der Waals surface area (Å²) in [6, 6.07) is 5.04. The Morgan fingerprint density at radius 3 is 2.76 bits per heavy atom. The fourth-order valence-electron chi connectivity index (χ4n) is 1.69. The largest absolute Gasteiger partial charge is 0.484 e. The van der Waals surface area contributed by atoms with Crippen molar-refractivity contribution in [2.45, 2.75) is 32.8 Å². The van der Waals surface area contributed by atoms with Gasteiger partial charge in [-0.3, -0.25) is 10.1 Å². The highest BCUT2D eigenvalue weighted by Gasteiger charge is 2.21. The molecule has 0 amide bonds. The Kier molecular flexibility index (Phi) is 4.75. The van der Waals surface area contributed by atoms with Gasteiger partial charge in [-0.15, -0.1) is 0 Å². The minimum Gasteiger partial charge on any atom is -0.484 e. The fraction of sp³-hybridized carbons (Fsp3) is 0.500. The molecular formula is C12H18N2O3. The van der Waals surface area contributed by atoms with Crippen LogP contribution < -0.4 is 10.1 Å². The molecule has 0 aliphatic rings. The second-order valence-electron chi connectivity index (χ2n) is 3.88. The fourth-order valence-corrected chi connectivity index (χ4v) is 1.69. The van der Waals surface area contributed by atoms with E-state index in [1.54, 1.807) is 25.2 Å². The number of hydrogen-bond donors (Lipinski definition) is 1. The highest BCUT2D eigenvalue weighted by molar-refractivity contribution is 5.68. The third-order valence-electron chi connectivity index (χ3n) is 2.47. The molecule has 0 saturated carbocycles. The van der Waals surface area contributed by atoms with Gasteiger partial charge in [0.15, 0.2) is 5.75 Å². The van der Waals surface area contributed by atoms with Crippen molar-refractivity contribution >= 4 is 11.4 Å². The molecule has 5 nitrogen and oxygen atoms in total. The molecule has 0 bridgehead atoms. The first-order valence-electron chi connectivity index (χ1n) is 5.72. The number of rotatable bonds is 6. The summed E-state index contributed by atoms with van der Waals surface area (Å²) in [6.07, 6.45) is 1.84. The summed E-state index contributed by atoms with van der Waals surface area (Å²) in [5.74, 6) is 0.322. The summed E-state index contributed by atoms with van der Waals surface area (Å²) in [5.41, 5.74) is 0.467. The predicted octanol–water partition coefficient (Wildman–Crippen LogP) is 3.20. The van der Waals surface area contributed by atoms with Gasteiger partial charge in [0.25, 0.3) is 0 Å². The molecule has 1 aromatic rings. The molecule has 5 heteroatoms. The maximum Gasteiger partial charge on any atom is 0.333 e. The SMILES string of the molecule is CCCC(C)Oc1cccc(NC)c1[N+](=O)[O-]. The van der Waals surface area contributed by atoms with Gasteiger partial charge in [-0.2, -0.15) is 0 Å². The Morgan fingerprint density at radius 1 is 1.53 bits per heavy atom. The number of anilines is 1. The Balaban J connectivity index is 3.02. The van der Waals surface area contributed by atoms with Crippen molar-refractivity contribution in [1.29, 1.82) is 0 Å². The van der Waals surface area contributed by atoms with Crippen molar-refractivity contribution in [3.8, 4) is 5.75 Å². The van der Waals surface area contributed by atoms with Crippen molar-refractivity contribution < 1.29 is 9.66 Å². The van der Waals surface area contributed by atoms with Gasteiger partial charge < -0.3 is 10.1 Å². The van der Waals surface area contributed by atoms with Gasteiger partial charge in [0.2, 0.25) is 0 Å². The number of benzene rings is 1. The van der Waals surface area contributed by atoms with E-state index in [0.29, 0.717) is 11.4 Å². The monoisotopic (exact) mass is 238 g/mol. The van der Waals surface area contributed by atoms with Crippen LogP contribution in [0.5, 0.6) is 5.75 Å². The lowest BCUT2D eigenvalue weighted by atomic mass is 10.2. The Hall–Kier alpha value is -1.78. The van der Waals surface area contributed by atoms with E-state index in [9.17, 15) is 10.1 Å². The first-order chi connectivity index (χ1) is 8.10. The van der Waals surface area contributed by atoms with Crippen molar-refractivity contribution in [2.75, 3.05) is 12.4 Å². The topological polar surface area (TPSA) is 64.4 Å². The lowest BCUT2D eigenvalue weighted by Gasteiger charge is -2.14. The molecule has 0 aliphatic heterocycles. The van der Waals surface area contributed by atoms with Crippen LogP contribution >= 0.6 is 0 Å². The minimum atomic E-state index is -0.417. The Morgan fingerprint density at radius 2 is 2.24 bits per heavy atom. The van der Waals surface area contributed by atoms with Gasteiger partial charge in [0, 0.05) is 7.05 Å². The zero-order chi connectivity index (χ0) is 12.8. The van der Waals surface area contributed by atoms with Gasteiger partial charge in [-0.1, -0.05) is 19.4 Å². The van der Waals surface area contributed by atoms with E-state index in [1.165, 1.54) is 0 Å². The molecule has 0 aromatic heterocycles. The number of ether oxygens (including phenoxy) is 1. The van der Waals surface area contributed by atoms with Gasteiger partial charge in [-0.05, 0) is 25.5 Å². The number of nitro groups is 1. The second-order valence-corrected chi connectivity index (χ2v) is 3.88. The quantitative estimate of drug-likeness (QED) is 0.610. The van der Waals surface area contributed by atoms with Crippen LogP contribution in [0.2, 0.25) is 0 Å². The van der Waals surface area contributed by atoms with Gasteiger partial charge in [-0.25, -0.2) is 0 Å². The number of nitro benzene ring substituents is 1. The summed E-state index contributed by atoms with van der Waals surface area (Å²) < 4.78 is 5.61. The van der Waals surface area contributed by atoms with Gasteiger partial charge in [0.05, 0.1) is 11.0 Å². The molecule has 0 heterocycles. The standard InChI is InChI=1S/C12H18N2O3/c1-4-6-9(2)17-11-8-5-7-10(13-3)12(11)14(15)16/h5,7-9,13H,4,6H2,1-3H3. The molecule has 1 N–H and O–H groups in total. The smallest absolute Gasteiger partial charge is 0.333 e. The highest BCUT2D eigenvalue weighted by atomic mass is 16.6. The van der Waals surface area contributed by atoms with E-state index in [1.807, 2.05) is 6.92 Å². The summed E-state index contributed by atoms with van der Waals surface area (Å²) in [4.78, 5) is 10.6.